The van der Waals surface area contributed by atoms with E-state index in [-0.39, 0.29) is 30.4 Å². The van der Waals surface area contributed by atoms with Gasteiger partial charge in [0.15, 0.2) is 0 Å². The van der Waals surface area contributed by atoms with E-state index in [0.717, 1.165) is 4.90 Å². The Labute approximate surface area is 149 Å². The maximum Gasteiger partial charge on any atom is 0.309 e. The predicted octanol–water partition coefficient (Wildman–Crippen LogP) is 1.45. The van der Waals surface area contributed by atoms with Crippen LogP contribution >= 0.6 is 0 Å². The summed E-state index contributed by atoms with van der Waals surface area (Å²) in [5, 5.41) is 0. The van der Waals surface area contributed by atoms with E-state index in [0.29, 0.717) is 17.7 Å². The van der Waals surface area contributed by atoms with Crippen molar-refractivity contribution in [2.45, 2.75) is 45.4 Å². The van der Waals surface area contributed by atoms with Crippen molar-refractivity contribution in [1.82, 2.24) is 9.80 Å². The third kappa shape index (κ3) is 2.98. The van der Waals surface area contributed by atoms with Gasteiger partial charge in [-0.1, -0.05) is 19.1 Å². The first-order valence-corrected chi connectivity index (χ1v) is 8.47. The zero-order chi connectivity index (χ0) is 18.8. The highest BCUT2D eigenvalue weighted by Crippen LogP contribution is 2.28. The Kier molecular flexibility index (Phi) is 4.83. The number of fused-ring (bicyclic) bond motifs is 1. The fraction of sp³-hybridized carbons (Fsp3) is 0.389. The van der Waals surface area contributed by atoms with Crippen LogP contribution in [0.4, 0.5) is 0 Å². The van der Waals surface area contributed by atoms with Crippen LogP contribution < -0.4 is 0 Å². The molecule has 1 atom stereocenters. The average Bonchev–Trinajstić information content (AvgIpc) is 2.85. The number of esters is 1. The Hall–Kier alpha value is -3.03. The Morgan fingerprint density at radius 2 is 1.54 bits per heavy atom. The Morgan fingerprint density at radius 1 is 1.00 bits per heavy atom. The number of amides is 4. The fourth-order valence-electron chi connectivity index (χ4n) is 3.03. The average molecular weight is 358 g/mol. The number of carbonyl (C=O) groups is 5. The van der Waals surface area contributed by atoms with E-state index >= 15 is 0 Å². The van der Waals surface area contributed by atoms with Crippen molar-refractivity contribution in [1.29, 1.82) is 0 Å². The van der Waals surface area contributed by atoms with Gasteiger partial charge in [0, 0.05) is 19.3 Å². The summed E-state index contributed by atoms with van der Waals surface area (Å²) in [6.07, 6.45) is -0.632. The molecule has 0 aromatic heterocycles. The minimum Gasteiger partial charge on any atom is -0.421 e. The molecular formula is C18H18N2O6. The van der Waals surface area contributed by atoms with Gasteiger partial charge in [0.1, 0.15) is 0 Å². The SMILES string of the molecule is CCCC(=O)OC(N1C(=O)CCCC1=O)N1C(=O)c2ccccc2C1=O. The van der Waals surface area contributed by atoms with Gasteiger partial charge in [-0.15, -0.1) is 0 Å². The lowest BCUT2D eigenvalue weighted by molar-refractivity contribution is -0.183. The normalized spacial score (nSPS) is 18.2. The molecule has 2 aliphatic rings. The van der Waals surface area contributed by atoms with Crippen LogP contribution in [0.25, 0.3) is 0 Å². The van der Waals surface area contributed by atoms with Crippen LogP contribution in [0.2, 0.25) is 0 Å². The van der Waals surface area contributed by atoms with Crippen LogP contribution in [0.1, 0.15) is 59.7 Å². The molecule has 1 unspecified atom stereocenters. The standard InChI is InChI=1S/C18H18N2O6/c1-2-6-15(23)26-18(19-13(21)9-5-10-14(19)22)20-16(24)11-7-3-4-8-12(11)17(20)25/h3-4,7-8,18H,2,5-6,9-10H2,1H3. The van der Waals surface area contributed by atoms with Crippen molar-refractivity contribution in [3.05, 3.63) is 35.4 Å². The lowest BCUT2D eigenvalue weighted by Crippen LogP contribution is -2.58. The number of hydrogen-bond donors (Lipinski definition) is 0. The molecule has 0 aliphatic carbocycles. The van der Waals surface area contributed by atoms with Gasteiger partial charge in [0.05, 0.1) is 11.1 Å². The molecule has 0 saturated carbocycles. The molecule has 2 aliphatic heterocycles. The van der Waals surface area contributed by atoms with Crippen molar-refractivity contribution in [3.8, 4) is 0 Å². The van der Waals surface area contributed by atoms with Crippen LogP contribution in [-0.4, -0.2) is 45.7 Å². The fourth-order valence-corrected chi connectivity index (χ4v) is 3.03. The molecule has 8 nitrogen and oxygen atoms in total. The number of piperidine rings is 1. The molecule has 2 heterocycles. The van der Waals surface area contributed by atoms with Crippen molar-refractivity contribution in [3.63, 3.8) is 0 Å². The molecular weight excluding hydrogens is 340 g/mol. The molecule has 3 rings (SSSR count). The smallest absolute Gasteiger partial charge is 0.309 e. The van der Waals surface area contributed by atoms with Crippen molar-refractivity contribution in [2.24, 2.45) is 0 Å². The van der Waals surface area contributed by atoms with Crippen LogP contribution in [0.15, 0.2) is 24.3 Å². The van der Waals surface area contributed by atoms with Gasteiger partial charge in [-0.2, -0.15) is 0 Å². The van der Waals surface area contributed by atoms with E-state index in [1.807, 2.05) is 0 Å². The zero-order valence-corrected chi connectivity index (χ0v) is 14.3. The number of nitrogens with zero attached hydrogens (tertiary/aromatic N) is 2. The van der Waals surface area contributed by atoms with Crippen LogP contribution in [0, 0.1) is 0 Å². The molecule has 0 N–H and O–H groups in total. The molecule has 1 aromatic carbocycles. The minimum atomic E-state index is -1.69. The number of hydrogen-bond acceptors (Lipinski definition) is 6. The number of imide groups is 2. The summed E-state index contributed by atoms with van der Waals surface area (Å²) in [4.78, 5) is 63.4. The minimum absolute atomic E-state index is 0.0376. The molecule has 1 saturated heterocycles. The first-order valence-electron chi connectivity index (χ1n) is 8.47. The van der Waals surface area contributed by atoms with Crippen LogP contribution in [-0.2, 0) is 19.1 Å². The van der Waals surface area contributed by atoms with E-state index in [1.54, 1.807) is 19.1 Å². The lowest BCUT2D eigenvalue weighted by Gasteiger charge is -2.35. The van der Waals surface area contributed by atoms with Gasteiger partial charge in [-0.25, -0.2) is 9.80 Å². The van der Waals surface area contributed by atoms with Gasteiger partial charge in [0.2, 0.25) is 11.8 Å². The summed E-state index contributed by atoms with van der Waals surface area (Å²) in [7, 11) is 0. The summed E-state index contributed by atoms with van der Waals surface area (Å²) < 4.78 is 5.26. The first kappa shape index (κ1) is 17.8. The molecule has 0 spiro atoms. The third-order valence-corrected chi connectivity index (χ3v) is 4.28. The summed E-state index contributed by atoms with van der Waals surface area (Å²) >= 11 is 0. The maximum atomic E-state index is 12.7. The third-order valence-electron chi connectivity index (χ3n) is 4.28. The van der Waals surface area contributed by atoms with E-state index in [2.05, 4.69) is 0 Å². The Balaban J connectivity index is 2.00. The molecule has 8 heteroatoms. The topological polar surface area (TPSA) is 101 Å². The molecule has 136 valence electrons. The van der Waals surface area contributed by atoms with E-state index in [1.165, 1.54) is 12.1 Å². The van der Waals surface area contributed by atoms with Crippen LogP contribution in [0.3, 0.4) is 0 Å². The van der Waals surface area contributed by atoms with E-state index in [4.69, 9.17) is 4.74 Å². The maximum absolute atomic E-state index is 12.7. The lowest BCUT2D eigenvalue weighted by atomic mass is 10.1. The quantitative estimate of drug-likeness (QED) is 0.583. The summed E-state index contributed by atoms with van der Waals surface area (Å²) in [5.41, 5.74) is 0.289. The number of benzene rings is 1. The summed E-state index contributed by atoms with van der Waals surface area (Å²) in [6, 6.07) is 6.15. The van der Waals surface area contributed by atoms with Gasteiger partial charge in [0.25, 0.3) is 18.2 Å². The van der Waals surface area contributed by atoms with E-state index < -0.39 is 35.9 Å². The monoisotopic (exact) mass is 358 g/mol. The Morgan fingerprint density at radius 3 is 2.04 bits per heavy atom. The zero-order valence-electron chi connectivity index (χ0n) is 14.3. The first-order chi connectivity index (χ1) is 12.5. The van der Waals surface area contributed by atoms with Gasteiger partial charge >= 0.3 is 5.97 Å². The van der Waals surface area contributed by atoms with Crippen molar-refractivity contribution >= 4 is 29.6 Å². The highest BCUT2D eigenvalue weighted by molar-refractivity contribution is 6.21. The van der Waals surface area contributed by atoms with E-state index in [9.17, 15) is 24.0 Å². The summed E-state index contributed by atoms with van der Waals surface area (Å²) in [6.45, 7) is 1.76. The Bertz CT molecular complexity index is 752. The molecule has 0 bridgehead atoms. The second-order valence-electron chi connectivity index (χ2n) is 6.10. The van der Waals surface area contributed by atoms with Crippen molar-refractivity contribution < 1.29 is 28.7 Å². The second-order valence-corrected chi connectivity index (χ2v) is 6.10. The van der Waals surface area contributed by atoms with Crippen LogP contribution in [0.5, 0.6) is 0 Å². The molecule has 1 aromatic rings. The molecule has 4 amide bonds. The molecule has 1 fully saturated rings. The summed E-state index contributed by atoms with van der Waals surface area (Å²) in [5.74, 6) is -3.25. The van der Waals surface area contributed by atoms with Gasteiger partial charge in [-0.3, -0.25) is 24.0 Å². The second kappa shape index (κ2) is 7.07. The molecule has 26 heavy (non-hydrogen) atoms. The highest BCUT2D eigenvalue weighted by Gasteiger charge is 2.47. The highest BCUT2D eigenvalue weighted by atomic mass is 16.6. The van der Waals surface area contributed by atoms with Gasteiger partial charge in [-0.05, 0) is 25.0 Å². The molecule has 0 radical (unpaired) electrons. The number of likely N-dealkylation sites (tertiary alicyclic amines) is 1. The number of carbonyl (C=O) groups excluding carboxylic acids is 5. The number of rotatable bonds is 5. The number of ether oxygens (including phenoxy) is 1. The van der Waals surface area contributed by atoms with Crippen molar-refractivity contribution in [2.75, 3.05) is 0 Å². The predicted molar refractivity (Wildman–Crippen MR) is 87.4 cm³/mol. The van der Waals surface area contributed by atoms with Gasteiger partial charge < -0.3 is 4.74 Å². The largest absolute Gasteiger partial charge is 0.421 e.